The maximum Gasteiger partial charge on any atom is 0.189 e. The van der Waals surface area contributed by atoms with Crippen LogP contribution in [0, 0.1) is 0 Å². The Kier molecular flexibility index (Phi) is 15.8. The number of allylic oxidation sites excluding steroid dienone is 5. The second-order valence-electron chi connectivity index (χ2n) is 14.3. The highest BCUT2D eigenvalue weighted by Crippen LogP contribution is 2.35. The van der Waals surface area contributed by atoms with Crippen LogP contribution < -0.4 is 27.8 Å². The predicted molar refractivity (Wildman–Crippen MR) is 184 cm³/mol. The van der Waals surface area contributed by atoms with E-state index in [1.807, 2.05) is 6.92 Å². The molecule has 4 heterocycles. The second-order valence-corrected chi connectivity index (χ2v) is 14.3. The first-order chi connectivity index (χ1) is 24.2. The Balaban J connectivity index is 1.31. The summed E-state index contributed by atoms with van der Waals surface area (Å²) in [5.41, 5.74) is 22.2. The Labute approximate surface area is 299 Å². The van der Waals surface area contributed by atoms with Crippen molar-refractivity contribution in [3.63, 3.8) is 0 Å². The summed E-state index contributed by atoms with van der Waals surface area (Å²) in [5.74, 6) is 0. The third kappa shape index (κ3) is 10.5. The van der Waals surface area contributed by atoms with E-state index in [0.29, 0.717) is 0 Å². The van der Waals surface area contributed by atoms with E-state index in [4.69, 9.17) is 45.6 Å². The van der Waals surface area contributed by atoms with Crippen molar-refractivity contribution in [1.82, 2.24) is 10.6 Å². The van der Waals surface area contributed by atoms with Crippen molar-refractivity contribution < 1.29 is 59.1 Å². The maximum atomic E-state index is 11.3. The standard InChI is InChI=1S/C34H61N5O12/c1-15(2)8-6-9-16(3)10-7-11-17(4)13-39-31-26(44)25(43)29(30(37)50-31)49-32-18(35)12-19-28(48-32)24(42)22(38-5)33(46-19)51-34-27(45)23(41)21(36)20(14-40)47-34/h8,10,13,18-34,38-45H,6-7,9,11-12,14,35-37H2,1-5H3/b16-10+,17-13+. The van der Waals surface area contributed by atoms with Gasteiger partial charge in [0.2, 0.25) is 0 Å². The number of fused-ring (bicyclic) bond motifs is 1. The molecule has 4 aliphatic heterocycles. The molecule has 0 aromatic carbocycles. The first-order valence-corrected chi connectivity index (χ1v) is 17.7. The number of nitrogens with one attached hydrogen (secondary N) is 2. The lowest BCUT2D eigenvalue weighted by Crippen LogP contribution is -2.70. The van der Waals surface area contributed by atoms with Gasteiger partial charge in [-0.15, -0.1) is 0 Å². The molecule has 0 aromatic rings. The zero-order valence-electron chi connectivity index (χ0n) is 30.2. The minimum Gasteiger partial charge on any atom is -0.394 e. The zero-order chi connectivity index (χ0) is 37.6. The molecule has 0 saturated carbocycles. The van der Waals surface area contributed by atoms with Crippen LogP contribution in [0.4, 0.5) is 0 Å². The molecule has 17 unspecified atom stereocenters. The number of hydrogen-bond donors (Lipinski definition) is 11. The number of nitrogens with two attached hydrogens (primary N) is 3. The number of likely N-dealkylation sites (N-methyl/N-ethyl adjacent to an activating group) is 1. The fourth-order valence-electron chi connectivity index (χ4n) is 6.71. The third-order valence-corrected chi connectivity index (χ3v) is 9.89. The Morgan fingerprint density at radius 1 is 0.765 bits per heavy atom. The van der Waals surface area contributed by atoms with Gasteiger partial charge in [0, 0.05) is 0 Å². The summed E-state index contributed by atoms with van der Waals surface area (Å²) in [7, 11) is 1.55. The van der Waals surface area contributed by atoms with E-state index >= 15 is 0 Å². The van der Waals surface area contributed by atoms with Crippen molar-refractivity contribution in [3.8, 4) is 0 Å². The predicted octanol–water partition coefficient (Wildman–Crippen LogP) is -2.40. The van der Waals surface area contributed by atoms with Crippen LogP contribution in [0.2, 0.25) is 0 Å². The van der Waals surface area contributed by atoms with Crippen molar-refractivity contribution in [2.75, 3.05) is 13.7 Å². The van der Waals surface area contributed by atoms with Gasteiger partial charge in [0.1, 0.15) is 55.1 Å². The van der Waals surface area contributed by atoms with Gasteiger partial charge in [-0.05, 0) is 73.0 Å². The zero-order valence-corrected chi connectivity index (χ0v) is 30.2. The van der Waals surface area contributed by atoms with E-state index in [0.717, 1.165) is 31.3 Å². The summed E-state index contributed by atoms with van der Waals surface area (Å²) < 4.78 is 35.4. The van der Waals surface area contributed by atoms with Gasteiger partial charge >= 0.3 is 0 Å². The fraction of sp³-hybridized carbons (Fsp3) is 0.824. The van der Waals surface area contributed by atoms with E-state index in [1.165, 1.54) is 11.1 Å². The summed E-state index contributed by atoms with van der Waals surface area (Å²) >= 11 is 0. The normalized spacial score (nSPS) is 43.8. The molecule has 17 atom stereocenters. The van der Waals surface area contributed by atoms with Crippen molar-refractivity contribution in [2.24, 2.45) is 17.2 Å². The lowest BCUT2D eigenvalue weighted by molar-refractivity contribution is -0.376. The summed E-state index contributed by atoms with van der Waals surface area (Å²) in [5, 5.41) is 69.7. The van der Waals surface area contributed by atoms with Crippen LogP contribution in [-0.4, -0.2) is 149 Å². The van der Waals surface area contributed by atoms with Crippen LogP contribution in [0.5, 0.6) is 0 Å². The van der Waals surface area contributed by atoms with Crippen LogP contribution in [0.1, 0.15) is 59.8 Å². The van der Waals surface area contributed by atoms with E-state index in [-0.39, 0.29) is 6.42 Å². The van der Waals surface area contributed by atoms with Crippen LogP contribution in [0.15, 0.2) is 35.1 Å². The molecule has 0 spiro atoms. The molecule has 4 aliphatic rings. The quantitative estimate of drug-likeness (QED) is 0.0831. The SMILES string of the molecule is CNC1C(OC2OC(CO)C(N)C(O)C2O)OC2CC(N)C(OC3C(N)OC(N/C=C(\C)CC/C=C(\C)CCC=C(C)C)C(O)C3O)OC2C1O. The number of aliphatic hydroxyl groups is 6. The highest BCUT2D eigenvalue weighted by atomic mass is 16.8. The summed E-state index contributed by atoms with van der Waals surface area (Å²) in [6.45, 7) is 7.75. The van der Waals surface area contributed by atoms with Crippen molar-refractivity contribution >= 4 is 0 Å². The van der Waals surface area contributed by atoms with E-state index in [1.54, 1.807) is 13.2 Å². The molecule has 4 rings (SSSR count). The third-order valence-electron chi connectivity index (χ3n) is 9.89. The Bertz CT molecular complexity index is 1190. The number of ether oxygens (including phenoxy) is 6. The smallest absolute Gasteiger partial charge is 0.189 e. The van der Waals surface area contributed by atoms with Crippen LogP contribution >= 0.6 is 0 Å². The highest BCUT2D eigenvalue weighted by Gasteiger charge is 2.54. The largest absolute Gasteiger partial charge is 0.394 e. The van der Waals surface area contributed by atoms with Gasteiger partial charge in [0.05, 0.1) is 30.8 Å². The molecule has 4 fully saturated rings. The lowest BCUT2D eigenvalue weighted by Gasteiger charge is -2.51. The van der Waals surface area contributed by atoms with Gasteiger partial charge in [-0.25, -0.2) is 0 Å². The molecule has 4 saturated heterocycles. The molecule has 0 aliphatic carbocycles. The average Bonchev–Trinajstić information content (AvgIpc) is 3.08. The van der Waals surface area contributed by atoms with Crippen LogP contribution in [0.3, 0.4) is 0 Å². The van der Waals surface area contributed by atoms with Gasteiger partial charge in [-0.3, -0.25) is 0 Å². The lowest BCUT2D eigenvalue weighted by atomic mass is 9.90. The molecule has 0 bridgehead atoms. The minimum absolute atomic E-state index is 0.115. The Morgan fingerprint density at radius 2 is 1.45 bits per heavy atom. The summed E-state index contributed by atoms with van der Waals surface area (Å²) in [4.78, 5) is 0. The first-order valence-electron chi connectivity index (χ1n) is 17.7. The van der Waals surface area contributed by atoms with Crippen LogP contribution in [-0.2, 0) is 28.4 Å². The second kappa shape index (κ2) is 19.1. The molecule has 51 heavy (non-hydrogen) atoms. The first kappa shape index (κ1) is 42.1. The van der Waals surface area contributed by atoms with Gasteiger partial charge < -0.3 is 86.9 Å². The molecule has 14 N–H and O–H groups in total. The van der Waals surface area contributed by atoms with Gasteiger partial charge in [-0.1, -0.05) is 28.9 Å². The molecule has 17 nitrogen and oxygen atoms in total. The molecule has 0 aromatic heterocycles. The van der Waals surface area contributed by atoms with Crippen molar-refractivity contribution in [1.29, 1.82) is 0 Å². The average molecular weight is 732 g/mol. The Morgan fingerprint density at radius 3 is 2.12 bits per heavy atom. The van der Waals surface area contributed by atoms with Crippen molar-refractivity contribution in [3.05, 3.63) is 35.1 Å². The molecular weight excluding hydrogens is 670 g/mol. The van der Waals surface area contributed by atoms with Gasteiger partial charge in [0.15, 0.2) is 25.1 Å². The topological polar surface area (TPSA) is 279 Å². The molecule has 0 amide bonds. The molecule has 0 radical (unpaired) electrons. The number of aliphatic hydroxyl groups excluding tert-OH is 6. The highest BCUT2D eigenvalue weighted by molar-refractivity contribution is 5.06. The fourth-order valence-corrected chi connectivity index (χ4v) is 6.71. The van der Waals surface area contributed by atoms with Gasteiger partial charge in [0.25, 0.3) is 0 Å². The summed E-state index contributed by atoms with van der Waals surface area (Å²) in [6, 6.07) is -2.79. The maximum absolute atomic E-state index is 11.3. The molecule has 294 valence electrons. The summed E-state index contributed by atoms with van der Waals surface area (Å²) in [6.07, 6.45) is -7.10. The van der Waals surface area contributed by atoms with E-state index in [2.05, 4.69) is 43.6 Å². The molecular formula is C34H61N5O12. The monoisotopic (exact) mass is 731 g/mol. The van der Waals surface area contributed by atoms with Crippen LogP contribution in [0.25, 0.3) is 0 Å². The number of hydrogen-bond acceptors (Lipinski definition) is 17. The van der Waals surface area contributed by atoms with E-state index < -0.39 is 111 Å². The molecule has 17 heteroatoms. The van der Waals surface area contributed by atoms with Crippen molar-refractivity contribution in [2.45, 2.75) is 164 Å². The number of rotatable bonds is 14. The Hall–Kier alpha value is -1.62. The van der Waals surface area contributed by atoms with E-state index in [9.17, 15) is 30.6 Å². The minimum atomic E-state index is -1.56. The van der Waals surface area contributed by atoms with Gasteiger partial charge in [-0.2, -0.15) is 0 Å².